The molecule has 0 bridgehead atoms. The molecule has 0 saturated heterocycles. The molecule has 66 valence electrons. The van der Waals surface area contributed by atoms with Crippen LogP contribution in [0.4, 0.5) is 0 Å². The van der Waals surface area contributed by atoms with Crippen LogP contribution in [0.3, 0.4) is 0 Å². The van der Waals surface area contributed by atoms with Crippen LogP contribution in [0.15, 0.2) is 18.2 Å². The lowest BCUT2D eigenvalue weighted by atomic mass is 10.2. The highest BCUT2D eigenvalue weighted by Gasteiger charge is 2.05. The average molecular weight is 208 g/mol. The molecule has 3 nitrogen and oxygen atoms in total. The van der Waals surface area contributed by atoms with Gasteiger partial charge < -0.3 is 14.3 Å². The molecule has 0 unspecified atom stereocenters. The highest BCUT2D eigenvalue weighted by Crippen LogP contribution is 2.29. The Hall–Kier alpha value is -0.640. The van der Waals surface area contributed by atoms with Gasteiger partial charge >= 0.3 is 0 Å². The van der Waals surface area contributed by atoms with Crippen LogP contribution in [0, 0.1) is 0 Å². The predicted molar refractivity (Wildman–Crippen MR) is 47.3 cm³/mol. The second-order valence-electron chi connectivity index (χ2n) is 2.14. The van der Waals surface area contributed by atoms with Gasteiger partial charge in [0.1, 0.15) is 23.7 Å². The van der Waals surface area contributed by atoms with Crippen molar-refractivity contribution in [1.29, 1.82) is 0 Å². The lowest BCUT2D eigenvalue weighted by molar-refractivity contribution is 0.543. The van der Waals surface area contributed by atoms with Crippen molar-refractivity contribution in [1.82, 2.24) is 0 Å². The van der Waals surface area contributed by atoms with Crippen LogP contribution in [-0.2, 0) is 6.54 Å². The number of hydrogen-bond acceptors (Lipinski definition) is 3. The Morgan fingerprint density at radius 1 is 1.17 bits per heavy atom. The molecule has 1 rings (SSSR count). The molecular formula is C7H7Cl2NO2. The molecule has 2 N–H and O–H groups in total. The Bertz CT molecular complexity index is 268. The second-order valence-corrected chi connectivity index (χ2v) is 2.45. The van der Waals surface area contributed by atoms with Gasteiger partial charge in [-0.1, -0.05) is 6.07 Å². The molecule has 0 radical (unpaired) electrons. The minimum absolute atomic E-state index is 0.356. The van der Waals surface area contributed by atoms with Gasteiger partial charge in [0, 0.05) is 6.54 Å². The van der Waals surface area contributed by atoms with Gasteiger partial charge in [-0.2, -0.15) is 0 Å². The van der Waals surface area contributed by atoms with Crippen molar-refractivity contribution >= 4 is 23.7 Å². The summed E-state index contributed by atoms with van der Waals surface area (Å²) in [5.41, 5.74) is 6.28. The zero-order valence-corrected chi connectivity index (χ0v) is 7.60. The first-order valence-electron chi connectivity index (χ1n) is 3.22. The summed E-state index contributed by atoms with van der Waals surface area (Å²) in [5, 5.41) is 0. The molecule has 1 aromatic rings. The Morgan fingerprint density at radius 2 is 1.83 bits per heavy atom. The number of nitrogens with two attached hydrogens (primary N) is 1. The fourth-order valence-corrected chi connectivity index (χ4v) is 1.05. The Kier molecular flexibility index (Phi) is 3.47. The first kappa shape index (κ1) is 9.45. The fraction of sp³-hybridized carbons (Fsp3) is 0.143. The van der Waals surface area contributed by atoms with Gasteiger partial charge in [0.05, 0.1) is 0 Å². The van der Waals surface area contributed by atoms with E-state index in [9.17, 15) is 0 Å². The monoisotopic (exact) mass is 207 g/mol. The summed E-state index contributed by atoms with van der Waals surface area (Å²) < 4.78 is 8.94. The van der Waals surface area contributed by atoms with Crippen molar-refractivity contribution in [2.75, 3.05) is 0 Å². The van der Waals surface area contributed by atoms with Crippen molar-refractivity contribution in [2.45, 2.75) is 6.54 Å². The van der Waals surface area contributed by atoms with E-state index in [-0.39, 0.29) is 0 Å². The molecule has 0 atom stereocenters. The highest BCUT2D eigenvalue weighted by atomic mass is 35.5. The molecule has 0 fully saturated rings. The zero-order chi connectivity index (χ0) is 8.97. The van der Waals surface area contributed by atoms with Crippen LogP contribution in [0.25, 0.3) is 0 Å². The Morgan fingerprint density at radius 3 is 2.33 bits per heavy atom. The van der Waals surface area contributed by atoms with E-state index in [0.717, 1.165) is 5.56 Å². The van der Waals surface area contributed by atoms with Gasteiger partial charge in [-0.05, 0) is 17.7 Å². The standard InChI is InChI=1S/C7H7Cl2NO2/c8-11-6-2-1-5(4-10)3-7(6)12-9/h1-3H,4,10H2. The first-order chi connectivity index (χ1) is 5.81. The van der Waals surface area contributed by atoms with Crippen molar-refractivity contribution in [3.05, 3.63) is 23.8 Å². The van der Waals surface area contributed by atoms with Crippen LogP contribution >= 0.6 is 23.7 Å². The number of benzene rings is 1. The molecule has 0 amide bonds. The third kappa shape index (κ3) is 1.94. The summed E-state index contributed by atoms with van der Waals surface area (Å²) in [6.07, 6.45) is 0. The third-order valence-electron chi connectivity index (χ3n) is 1.41. The van der Waals surface area contributed by atoms with Crippen LogP contribution < -0.4 is 14.3 Å². The topological polar surface area (TPSA) is 44.5 Å². The van der Waals surface area contributed by atoms with Gasteiger partial charge in [-0.25, -0.2) is 0 Å². The van der Waals surface area contributed by atoms with Crippen molar-refractivity contribution in [3.63, 3.8) is 0 Å². The zero-order valence-electron chi connectivity index (χ0n) is 6.09. The Labute approximate surface area is 80.3 Å². The van der Waals surface area contributed by atoms with E-state index in [2.05, 4.69) is 8.58 Å². The summed E-state index contributed by atoms with van der Waals surface area (Å²) in [6.45, 7) is 0.413. The van der Waals surface area contributed by atoms with Crippen LogP contribution in [0.1, 0.15) is 5.56 Å². The van der Waals surface area contributed by atoms with Crippen molar-refractivity contribution < 1.29 is 8.58 Å². The van der Waals surface area contributed by atoms with Crippen LogP contribution in [0.5, 0.6) is 11.5 Å². The smallest absolute Gasteiger partial charge is 0.190 e. The van der Waals surface area contributed by atoms with E-state index in [4.69, 9.17) is 29.5 Å². The van der Waals surface area contributed by atoms with Gasteiger partial charge in [-0.3, -0.25) is 0 Å². The van der Waals surface area contributed by atoms with Gasteiger partial charge in [0.2, 0.25) is 0 Å². The summed E-state index contributed by atoms with van der Waals surface area (Å²) >= 11 is 10.3. The summed E-state index contributed by atoms with van der Waals surface area (Å²) in [4.78, 5) is 0. The number of hydrogen-bond donors (Lipinski definition) is 1. The highest BCUT2D eigenvalue weighted by molar-refractivity contribution is 6.10. The van der Waals surface area contributed by atoms with Gasteiger partial charge in [-0.15, -0.1) is 0 Å². The molecule has 0 aliphatic rings. The van der Waals surface area contributed by atoms with Gasteiger partial charge in [0.15, 0.2) is 11.5 Å². The first-order valence-corrected chi connectivity index (χ1v) is 3.83. The van der Waals surface area contributed by atoms with Crippen molar-refractivity contribution in [3.8, 4) is 11.5 Å². The molecule has 0 spiro atoms. The minimum Gasteiger partial charge on any atom is -0.382 e. The summed E-state index contributed by atoms with van der Waals surface area (Å²) in [5.74, 6) is 0.721. The molecule has 0 aliphatic heterocycles. The quantitative estimate of drug-likeness (QED) is 0.827. The maximum absolute atomic E-state index is 5.39. The molecule has 5 heteroatoms. The lowest BCUT2D eigenvalue weighted by Gasteiger charge is -2.03. The van der Waals surface area contributed by atoms with Crippen LogP contribution in [0.2, 0.25) is 0 Å². The van der Waals surface area contributed by atoms with Crippen molar-refractivity contribution in [2.24, 2.45) is 5.73 Å². The predicted octanol–water partition coefficient (Wildman–Crippen LogP) is 2.21. The van der Waals surface area contributed by atoms with Gasteiger partial charge in [0.25, 0.3) is 0 Å². The third-order valence-corrected chi connectivity index (χ3v) is 1.74. The maximum Gasteiger partial charge on any atom is 0.190 e. The minimum atomic E-state index is 0.356. The normalized spacial score (nSPS) is 9.58. The summed E-state index contributed by atoms with van der Waals surface area (Å²) in [6, 6.07) is 5.06. The SMILES string of the molecule is NCc1ccc(OCl)c(OCl)c1. The van der Waals surface area contributed by atoms with E-state index >= 15 is 0 Å². The maximum atomic E-state index is 5.39. The lowest BCUT2D eigenvalue weighted by Crippen LogP contribution is -1.96. The molecule has 1 aromatic carbocycles. The molecular weight excluding hydrogens is 201 g/mol. The second kappa shape index (κ2) is 4.40. The largest absolute Gasteiger partial charge is 0.382 e. The van der Waals surface area contributed by atoms with E-state index in [0.29, 0.717) is 18.0 Å². The van der Waals surface area contributed by atoms with E-state index in [1.807, 2.05) is 0 Å². The molecule has 0 saturated carbocycles. The summed E-state index contributed by atoms with van der Waals surface area (Å²) in [7, 11) is 0. The molecule has 0 heterocycles. The molecule has 0 aromatic heterocycles. The molecule has 0 aliphatic carbocycles. The average Bonchev–Trinajstić information content (AvgIpc) is 2.16. The Balaban J connectivity index is 3.02. The van der Waals surface area contributed by atoms with Crippen LogP contribution in [-0.4, -0.2) is 0 Å². The fourth-order valence-electron chi connectivity index (χ4n) is 0.803. The van der Waals surface area contributed by atoms with E-state index < -0.39 is 0 Å². The van der Waals surface area contributed by atoms with E-state index in [1.165, 1.54) is 0 Å². The molecule has 12 heavy (non-hydrogen) atoms. The van der Waals surface area contributed by atoms with E-state index in [1.54, 1.807) is 18.2 Å². The number of halogens is 2. The number of rotatable bonds is 3.